The van der Waals surface area contributed by atoms with Gasteiger partial charge in [0.05, 0.1) is 0 Å². The first kappa shape index (κ1) is 10.4. The molecule has 0 aliphatic carbocycles. The fourth-order valence-corrected chi connectivity index (χ4v) is 2.14. The molecule has 2 nitrogen and oxygen atoms in total. The van der Waals surface area contributed by atoms with E-state index in [0.29, 0.717) is 15.7 Å². The molecule has 2 aromatic rings. The second-order valence-corrected chi connectivity index (χ2v) is 4.45. The SMILES string of the molecule is O=C(c1cc(F)cc(Br)c1)c1ccsn1. The van der Waals surface area contributed by atoms with Gasteiger partial charge in [-0.25, -0.2) is 4.39 Å². The topological polar surface area (TPSA) is 30.0 Å². The summed E-state index contributed by atoms with van der Waals surface area (Å²) in [4.78, 5) is 11.8. The molecule has 0 radical (unpaired) electrons. The summed E-state index contributed by atoms with van der Waals surface area (Å²) in [6.45, 7) is 0. The normalized spacial score (nSPS) is 10.3. The van der Waals surface area contributed by atoms with E-state index in [0.717, 1.165) is 0 Å². The van der Waals surface area contributed by atoms with Gasteiger partial charge >= 0.3 is 0 Å². The van der Waals surface area contributed by atoms with Gasteiger partial charge in [0.1, 0.15) is 11.5 Å². The van der Waals surface area contributed by atoms with Crippen LogP contribution in [0.4, 0.5) is 4.39 Å². The van der Waals surface area contributed by atoms with Gasteiger partial charge in [0.2, 0.25) is 5.78 Å². The predicted octanol–water partition coefficient (Wildman–Crippen LogP) is 3.28. The van der Waals surface area contributed by atoms with Gasteiger partial charge in [0.25, 0.3) is 0 Å². The second kappa shape index (κ2) is 4.20. The summed E-state index contributed by atoms with van der Waals surface area (Å²) in [5.74, 6) is -0.709. The van der Waals surface area contributed by atoms with E-state index in [9.17, 15) is 9.18 Å². The van der Waals surface area contributed by atoms with Crippen molar-refractivity contribution in [3.8, 4) is 0 Å². The quantitative estimate of drug-likeness (QED) is 0.793. The maximum absolute atomic E-state index is 13.0. The summed E-state index contributed by atoms with van der Waals surface area (Å²) < 4.78 is 17.5. The van der Waals surface area contributed by atoms with Crippen molar-refractivity contribution in [3.05, 3.63) is 51.2 Å². The van der Waals surface area contributed by atoms with Crippen molar-refractivity contribution in [2.75, 3.05) is 0 Å². The lowest BCUT2D eigenvalue weighted by atomic mass is 10.1. The minimum Gasteiger partial charge on any atom is -0.287 e. The molecule has 76 valence electrons. The first-order valence-corrected chi connectivity index (χ1v) is 5.71. The van der Waals surface area contributed by atoms with E-state index in [2.05, 4.69) is 20.3 Å². The van der Waals surface area contributed by atoms with E-state index in [1.165, 1.54) is 23.7 Å². The molecule has 0 saturated carbocycles. The van der Waals surface area contributed by atoms with Crippen molar-refractivity contribution in [2.45, 2.75) is 0 Å². The van der Waals surface area contributed by atoms with Crippen molar-refractivity contribution in [1.29, 1.82) is 0 Å². The highest BCUT2D eigenvalue weighted by Gasteiger charge is 2.12. The fourth-order valence-electron chi connectivity index (χ4n) is 1.16. The Labute approximate surface area is 98.0 Å². The van der Waals surface area contributed by atoms with Crippen molar-refractivity contribution in [1.82, 2.24) is 4.37 Å². The fraction of sp³-hybridized carbons (Fsp3) is 0. The van der Waals surface area contributed by atoms with Crippen LogP contribution in [-0.2, 0) is 0 Å². The molecule has 1 heterocycles. The molecular weight excluding hydrogens is 281 g/mol. The van der Waals surface area contributed by atoms with Crippen molar-refractivity contribution < 1.29 is 9.18 Å². The van der Waals surface area contributed by atoms with Crippen LogP contribution in [0, 0.1) is 5.82 Å². The zero-order valence-corrected chi connectivity index (χ0v) is 9.81. The molecule has 0 unspecified atom stereocenters. The number of carbonyl (C=O) groups is 1. The largest absolute Gasteiger partial charge is 0.287 e. The standard InChI is InChI=1S/C10H5BrFNOS/c11-7-3-6(4-8(12)5-7)10(14)9-1-2-15-13-9/h1-5H. The monoisotopic (exact) mass is 285 g/mol. The molecule has 0 amide bonds. The van der Waals surface area contributed by atoms with Crippen LogP contribution >= 0.6 is 27.5 Å². The zero-order valence-electron chi connectivity index (χ0n) is 7.41. The highest BCUT2D eigenvalue weighted by atomic mass is 79.9. The van der Waals surface area contributed by atoms with Crippen molar-refractivity contribution >= 4 is 33.2 Å². The van der Waals surface area contributed by atoms with Gasteiger partial charge in [0, 0.05) is 15.4 Å². The Hall–Kier alpha value is -1.07. The van der Waals surface area contributed by atoms with Crippen molar-refractivity contribution in [3.63, 3.8) is 0 Å². The molecule has 0 bridgehead atoms. The summed E-state index contributed by atoms with van der Waals surface area (Å²) in [6, 6.07) is 5.70. The van der Waals surface area contributed by atoms with E-state index in [4.69, 9.17) is 0 Å². The lowest BCUT2D eigenvalue weighted by Gasteiger charge is -1.99. The number of nitrogens with zero attached hydrogens (tertiary/aromatic N) is 1. The number of benzene rings is 1. The average molecular weight is 286 g/mol. The van der Waals surface area contributed by atoms with Crippen LogP contribution in [0.1, 0.15) is 16.1 Å². The summed E-state index contributed by atoms with van der Waals surface area (Å²) >= 11 is 4.33. The van der Waals surface area contributed by atoms with Crippen LogP contribution in [0.2, 0.25) is 0 Å². The van der Waals surface area contributed by atoms with Gasteiger partial charge < -0.3 is 0 Å². The van der Waals surface area contributed by atoms with E-state index >= 15 is 0 Å². The molecule has 1 aromatic carbocycles. The Kier molecular flexibility index (Phi) is 2.93. The molecule has 0 atom stereocenters. The Morgan fingerprint density at radius 1 is 1.40 bits per heavy atom. The third-order valence-corrected chi connectivity index (χ3v) is 2.81. The van der Waals surface area contributed by atoms with E-state index in [1.807, 2.05) is 0 Å². The minimum absolute atomic E-state index is 0.267. The average Bonchev–Trinajstić information content (AvgIpc) is 2.67. The van der Waals surface area contributed by atoms with E-state index in [1.54, 1.807) is 17.5 Å². The van der Waals surface area contributed by atoms with Gasteiger partial charge in [-0.1, -0.05) is 15.9 Å². The Balaban J connectivity index is 2.42. The molecule has 0 N–H and O–H groups in total. The van der Waals surface area contributed by atoms with Gasteiger partial charge in [0.15, 0.2) is 0 Å². The highest BCUT2D eigenvalue weighted by Crippen LogP contribution is 2.17. The number of hydrogen-bond donors (Lipinski definition) is 0. The molecule has 0 spiro atoms. The lowest BCUT2D eigenvalue weighted by molar-refractivity contribution is 0.103. The van der Waals surface area contributed by atoms with Crippen LogP contribution < -0.4 is 0 Å². The first-order valence-electron chi connectivity index (χ1n) is 4.08. The molecule has 0 aliphatic heterocycles. The van der Waals surface area contributed by atoms with Gasteiger partial charge in [-0.2, -0.15) is 4.37 Å². The van der Waals surface area contributed by atoms with E-state index < -0.39 is 5.82 Å². The Bertz CT molecular complexity index is 478. The molecule has 1 aromatic heterocycles. The predicted molar refractivity (Wildman–Crippen MR) is 59.6 cm³/mol. The van der Waals surface area contributed by atoms with Crippen LogP contribution in [0.15, 0.2) is 34.1 Å². The molecular formula is C10H5BrFNOS. The number of ketones is 1. The van der Waals surface area contributed by atoms with Crippen LogP contribution in [0.3, 0.4) is 0 Å². The number of halogens is 2. The number of rotatable bonds is 2. The molecule has 0 saturated heterocycles. The Morgan fingerprint density at radius 3 is 2.80 bits per heavy atom. The summed E-state index contributed by atoms with van der Waals surface area (Å²) in [7, 11) is 0. The summed E-state index contributed by atoms with van der Waals surface area (Å²) in [6.07, 6.45) is 0. The molecule has 5 heteroatoms. The van der Waals surface area contributed by atoms with E-state index in [-0.39, 0.29) is 5.78 Å². The van der Waals surface area contributed by atoms with Gasteiger partial charge in [-0.15, -0.1) is 0 Å². The van der Waals surface area contributed by atoms with Crippen LogP contribution in [0.5, 0.6) is 0 Å². The van der Waals surface area contributed by atoms with Gasteiger partial charge in [-0.05, 0) is 35.8 Å². The van der Waals surface area contributed by atoms with Crippen molar-refractivity contribution in [2.24, 2.45) is 0 Å². The molecule has 15 heavy (non-hydrogen) atoms. The first-order chi connectivity index (χ1) is 7.16. The molecule has 0 fully saturated rings. The smallest absolute Gasteiger partial charge is 0.212 e. The zero-order chi connectivity index (χ0) is 10.8. The third kappa shape index (κ3) is 2.30. The molecule has 0 aliphatic rings. The molecule has 2 rings (SSSR count). The minimum atomic E-state index is -0.442. The third-order valence-electron chi connectivity index (χ3n) is 1.80. The lowest BCUT2D eigenvalue weighted by Crippen LogP contribution is -2.01. The number of hydrogen-bond acceptors (Lipinski definition) is 3. The summed E-state index contributed by atoms with van der Waals surface area (Å²) in [5.41, 5.74) is 0.644. The van der Waals surface area contributed by atoms with Crippen LogP contribution in [-0.4, -0.2) is 10.2 Å². The Morgan fingerprint density at radius 2 is 2.20 bits per heavy atom. The maximum atomic E-state index is 13.0. The second-order valence-electron chi connectivity index (χ2n) is 2.87. The number of aromatic nitrogens is 1. The number of carbonyl (C=O) groups excluding carboxylic acids is 1. The maximum Gasteiger partial charge on any atom is 0.212 e. The van der Waals surface area contributed by atoms with Gasteiger partial charge in [-0.3, -0.25) is 4.79 Å². The highest BCUT2D eigenvalue weighted by molar-refractivity contribution is 9.10. The summed E-state index contributed by atoms with van der Waals surface area (Å²) in [5, 5.41) is 1.71. The van der Waals surface area contributed by atoms with Crippen LogP contribution in [0.25, 0.3) is 0 Å².